The second kappa shape index (κ2) is 10.8. The summed E-state index contributed by atoms with van der Waals surface area (Å²) in [5.74, 6) is -1.74. The molecule has 148 valence electrons. The Morgan fingerprint density at radius 3 is 2.19 bits per heavy atom. The maximum atomic E-state index is 12.0. The second-order valence-electron chi connectivity index (χ2n) is 5.10. The first kappa shape index (κ1) is 22.0. The third kappa shape index (κ3) is 8.71. The molecule has 0 saturated heterocycles. The van der Waals surface area contributed by atoms with Gasteiger partial charge in [0.15, 0.2) is 0 Å². The highest BCUT2D eigenvalue weighted by molar-refractivity contribution is 7.79. The Bertz CT molecular complexity index is 693. The predicted octanol–water partition coefficient (Wildman–Crippen LogP) is 1.37. The molecule has 0 saturated carbocycles. The average molecular weight is 404 g/mol. The van der Waals surface area contributed by atoms with Crippen molar-refractivity contribution in [3.8, 4) is 11.5 Å². The van der Waals surface area contributed by atoms with Crippen LogP contribution in [0.15, 0.2) is 18.2 Å². The van der Waals surface area contributed by atoms with E-state index >= 15 is 0 Å². The fourth-order valence-corrected chi connectivity index (χ4v) is 2.15. The minimum absolute atomic E-state index is 0.115. The van der Waals surface area contributed by atoms with Gasteiger partial charge in [-0.1, -0.05) is 0 Å². The lowest BCUT2D eigenvalue weighted by Crippen LogP contribution is -2.24. The Morgan fingerprint density at radius 2 is 1.70 bits per heavy atom. The summed E-state index contributed by atoms with van der Waals surface area (Å²) in [4.78, 5) is 51.8. The van der Waals surface area contributed by atoms with E-state index in [2.05, 4.69) is 22.3 Å². The highest BCUT2D eigenvalue weighted by Crippen LogP contribution is 2.26. The molecule has 13 heteroatoms. The first-order valence-electron chi connectivity index (χ1n) is 7.38. The zero-order valence-electron chi connectivity index (χ0n) is 14.1. The monoisotopic (exact) mass is 404 g/mol. The number of hydrogen-bond donors (Lipinski definition) is 1. The van der Waals surface area contributed by atoms with Gasteiger partial charge in [-0.05, 0) is 18.2 Å². The minimum atomic E-state index is -1.09. The van der Waals surface area contributed by atoms with E-state index in [4.69, 9.17) is 9.47 Å². The number of benzene rings is 1. The lowest BCUT2D eigenvalue weighted by atomic mass is 10.1. The molecule has 0 unspecified atom stereocenters. The van der Waals surface area contributed by atoms with E-state index in [9.17, 15) is 29.8 Å². The van der Waals surface area contributed by atoms with Crippen molar-refractivity contribution in [3.63, 3.8) is 0 Å². The molecule has 1 aromatic rings. The van der Waals surface area contributed by atoms with Crippen molar-refractivity contribution in [1.29, 1.82) is 0 Å². The molecule has 0 spiro atoms. The highest BCUT2D eigenvalue weighted by Gasteiger charge is 2.20. The van der Waals surface area contributed by atoms with Crippen molar-refractivity contribution >= 4 is 24.6 Å². The zero-order valence-corrected chi connectivity index (χ0v) is 15.0. The van der Waals surface area contributed by atoms with E-state index in [1.54, 1.807) is 0 Å². The summed E-state index contributed by atoms with van der Waals surface area (Å²) in [6, 6.07) is 4.22. The normalized spacial score (nSPS) is 10.2. The Morgan fingerprint density at radius 1 is 1.11 bits per heavy atom. The fraction of sp³-hybridized carbons (Fsp3) is 0.429. The Labute approximate surface area is 157 Å². The number of carbonyl (C=O) groups excluding carboxylic acids is 2. The smallest absolute Gasteiger partial charge is 0.311 e. The molecule has 1 aromatic carbocycles. The van der Waals surface area contributed by atoms with Gasteiger partial charge in [0.1, 0.15) is 24.7 Å². The van der Waals surface area contributed by atoms with Crippen LogP contribution in [-0.4, -0.2) is 35.3 Å². The number of rotatable bonds is 11. The van der Waals surface area contributed by atoms with Gasteiger partial charge in [-0.3, -0.25) is 9.59 Å². The van der Waals surface area contributed by atoms with E-state index in [0.717, 1.165) is 0 Å². The van der Waals surface area contributed by atoms with Crippen molar-refractivity contribution in [2.45, 2.75) is 19.1 Å². The van der Waals surface area contributed by atoms with Gasteiger partial charge in [0.25, 0.3) is 10.2 Å². The number of nitrogens with zero attached hydrogens (tertiary/aromatic N) is 2. The van der Waals surface area contributed by atoms with Crippen LogP contribution in [-0.2, 0) is 25.0 Å². The van der Waals surface area contributed by atoms with Crippen LogP contribution in [0.1, 0.15) is 18.9 Å². The molecule has 0 N–H and O–H groups in total. The third-order valence-electron chi connectivity index (χ3n) is 2.97. The topological polar surface area (TPSA) is 157 Å². The van der Waals surface area contributed by atoms with E-state index in [1.165, 1.54) is 25.1 Å². The molecule has 0 aliphatic rings. The molecular weight excluding hydrogens is 388 g/mol. The molecule has 12 nitrogen and oxygen atoms in total. The molecule has 0 aliphatic carbocycles. The van der Waals surface area contributed by atoms with E-state index in [-0.39, 0.29) is 17.3 Å². The van der Waals surface area contributed by atoms with Crippen LogP contribution in [0.5, 0.6) is 11.5 Å². The number of carbonyl (C=O) groups is 2. The van der Waals surface area contributed by atoms with Crippen LogP contribution in [0.3, 0.4) is 0 Å². The number of hydrogen-bond acceptors (Lipinski definition) is 11. The summed E-state index contributed by atoms with van der Waals surface area (Å²) in [5, 5.41) is 18.3. The van der Waals surface area contributed by atoms with E-state index in [0.29, 0.717) is 5.56 Å². The fourth-order valence-electron chi connectivity index (χ4n) is 1.90. The summed E-state index contributed by atoms with van der Waals surface area (Å²) in [5.41, 5.74) is 0.490. The molecule has 0 fully saturated rings. The average Bonchev–Trinajstić information content (AvgIpc) is 2.57. The van der Waals surface area contributed by atoms with Crippen LogP contribution >= 0.6 is 12.6 Å². The van der Waals surface area contributed by atoms with Crippen LogP contribution in [0.2, 0.25) is 0 Å². The molecular formula is C14H16N2O10S. The highest BCUT2D eigenvalue weighted by atomic mass is 32.1. The summed E-state index contributed by atoms with van der Waals surface area (Å²) >= 11 is 4.10. The van der Waals surface area contributed by atoms with Crippen molar-refractivity contribution in [2.75, 3.05) is 13.2 Å². The van der Waals surface area contributed by atoms with Crippen molar-refractivity contribution in [3.05, 3.63) is 44.0 Å². The number of thiol groups is 1. The predicted molar refractivity (Wildman–Crippen MR) is 90.1 cm³/mol. The minimum Gasteiger partial charge on any atom is -0.427 e. The number of esters is 2. The maximum absolute atomic E-state index is 12.0. The first-order valence-corrected chi connectivity index (χ1v) is 8.02. The van der Waals surface area contributed by atoms with E-state index < -0.39 is 47.7 Å². The molecule has 0 aromatic heterocycles. The van der Waals surface area contributed by atoms with Gasteiger partial charge in [-0.2, -0.15) is 12.6 Å². The van der Waals surface area contributed by atoms with Crippen molar-refractivity contribution in [1.82, 2.24) is 0 Å². The van der Waals surface area contributed by atoms with Crippen LogP contribution in [0.25, 0.3) is 0 Å². The molecule has 27 heavy (non-hydrogen) atoms. The molecule has 0 amide bonds. The quantitative estimate of drug-likeness (QED) is 0.188. The van der Waals surface area contributed by atoms with Crippen LogP contribution in [0.4, 0.5) is 0 Å². The molecule has 0 atom stereocenters. The molecule has 0 radical (unpaired) electrons. The van der Waals surface area contributed by atoms with Gasteiger partial charge < -0.3 is 19.1 Å². The van der Waals surface area contributed by atoms with Gasteiger partial charge in [-0.25, -0.2) is 0 Å². The van der Waals surface area contributed by atoms with Crippen molar-refractivity contribution in [2.24, 2.45) is 5.92 Å². The number of ether oxygens (including phenoxy) is 2. The summed E-state index contributed by atoms with van der Waals surface area (Å²) in [6.07, 6.45) is -0.427. The first-order chi connectivity index (χ1) is 12.7. The summed E-state index contributed by atoms with van der Waals surface area (Å²) < 4.78 is 10.1. The molecule has 1 rings (SSSR count). The largest absolute Gasteiger partial charge is 0.427 e. The van der Waals surface area contributed by atoms with Gasteiger partial charge in [0.05, 0.1) is 6.42 Å². The standard InChI is InChI=1S/C14H16N2O10S/c1-9(17)25-13-3-2-12(5-11(13)8-27)26-14(18)4-10(6-23-15(19)20)7-24-16(21)22/h2-3,5,10,27H,4,6-8H2,1H3. The Balaban J connectivity index is 2.74. The Hall–Kier alpha value is -3.09. The maximum Gasteiger partial charge on any atom is 0.311 e. The summed E-state index contributed by atoms with van der Waals surface area (Å²) in [6.45, 7) is 0.0722. The lowest BCUT2D eigenvalue weighted by Gasteiger charge is -2.14. The second-order valence-corrected chi connectivity index (χ2v) is 5.42. The molecule has 0 bridgehead atoms. The Kier molecular flexibility index (Phi) is 8.78. The molecule has 0 heterocycles. The van der Waals surface area contributed by atoms with Gasteiger partial charge in [0, 0.05) is 24.2 Å². The van der Waals surface area contributed by atoms with Crippen molar-refractivity contribution < 1.29 is 38.9 Å². The van der Waals surface area contributed by atoms with Gasteiger partial charge in [0.2, 0.25) is 0 Å². The SMILES string of the molecule is CC(=O)Oc1ccc(OC(=O)CC(CO[N+](=O)[O-])CO[N+](=O)[O-])cc1CS. The zero-order chi connectivity index (χ0) is 20.4. The van der Waals surface area contributed by atoms with Gasteiger partial charge in [-0.15, -0.1) is 20.2 Å². The lowest BCUT2D eigenvalue weighted by molar-refractivity contribution is -0.768. The summed E-state index contributed by atoms with van der Waals surface area (Å²) in [7, 11) is 0. The molecule has 0 aliphatic heterocycles. The van der Waals surface area contributed by atoms with Crippen LogP contribution < -0.4 is 9.47 Å². The third-order valence-corrected chi connectivity index (χ3v) is 3.31. The van der Waals surface area contributed by atoms with Gasteiger partial charge >= 0.3 is 11.9 Å². The van der Waals surface area contributed by atoms with E-state index in [1.807, 2.05) is 0 Å². The van der Waals surface area contributed by atoms with Crippen LogP contribution in [0, 0.1) is 26.1 Å².